The summed E-state index contributed by atoms with van der Waals surface area (Å²) in [4.78, 5) is 11.3. The third kappa shape index (κ3) is 5.13. The topological polar surface area (TPSA) is 138 Å². The van der Waals surface area contributed by atoms with Gasteiger partial charge in [0.2, 0.25) is 0 Å². The summed E-state index contributed by atoms with van der Waals surface area (Å²) < 4.78 is 34.5. The zero-order valence-electron chi connectivity index (χ0n) is 19.0. The van der Waals surface area contributed by atoms with E-state index in [-0.39, 0.29) is 12.3 Å². The first-order chi connectivity index (χ1) is 16.3. The molecule has 0 spiro atoms. The molecule has 0 saturated carbocycles. The number of aromatic nitrogens is 2. The van der Waals surface area contributed by atoms with Gasteiger partial charge in [0.05, 0.1) is 41.8 Å². The molecule has 4 rings (SSSR count). The third-order valence-corrected chi connectivity index (χ3v) is 6.04. The number of anilines is 2. The van der Waals surface area contributed by atoms with Crippen LogP contribution in [-0.4, -0.2) is 55.7 Å². The first kappa shape index (κ1) is 23.9. The van der Waals surface area contributed by atoms with Gasteiger partial charge in [0.1, 0.15) is 17.1 Å². The van der Waals surface area contributed by atoms with Crippen LogP contribution in [0, 0.1) is 10.1 Å². The van der Waals surface area contributed by atoms with Gasteiger partial charge < -0.3 is 15.4 Å². The third-order valence-electron chi connectivity index (χ3n) is 5.44. The van der Waals surface area contributed by atoms with Crippen molar-refractivity contribution < 1.29 is 22.3 Å². The van der Waals surface area contributed by atoms with Crippen molar-refractivity contribution in [3.8, 4) is 17.0 Å². The Bertz CT molecular complexity index is 1320. The van der Waals surface area contributed by atoms with Crippen molar-refractivity contribution in [3.05, 3.63) is 40.4 Å². The van der Waals surface area contributed by atoms with Crippen LogP contribution in [0.15, 0.2) is 30.3 Å². The van der Waals surface area contributed by atoms with E-state index in [4.69, 9.17) is 14.0 Å². The number of unbranched alkanes of at least 4 members (excludes halogenated alkanes) is 1. The number of hydrogen-bond donors (Lipinski definition) is 2. The van der Waals surface area contributed by atoms with Gasteiger partial charge in [-0.25, -0.2) is 0 Å². The molecule has 2 aromatic carbocycles. The molecule has 182 valence electrons. The van der Waals surface area contributed by atoms with Crippen LogP contribution in [0.25, 0.3) is 22.2 Å². The Morgan fingerprint density at radius 3 is 2.76 bits per heavy atom. The molecule has 1 aliphatic rings. The molecule has 12 heteroatoms. The van der Waals surface area contributed by atoms with Crippen molar-refractivity contribution in [2.75, 3.05) is 37.9 Å². The summed E-state index contributed by atoms with van der Waals surface area (Å²) in [5, 5.41) is 23.5. The number of nitro benzene ring substituents is 1. The molecular formula is C22H27N5O6S. The number of rotatable bonds is 12. The van der Waals surface area contributed by atoms with Gasteiger partial charge in [0.15, 0.2) is 0 Å². The van der Waals surface area contributed by atoms with Gasteiger partial charge in [0.25, 0.3) is 15.8 Å². The number of benzene rings is 2. The van der Waals surface area contributed by atoms with E-state index in [1.807, 2.05) is 18.2 Å². The molecule has 0 fully saturated rings. The van der Waals surface area contributed by atoms with Crippen LogP contribution in [0.5, 0.6) is 5.75 Å². The average Bonchev–Trinajstić information content (AvgIpc) is 3.16. The fourth-order valence-corrected chi connectivity index (χ4v) is 4.25. The molecule has 1 aliphatic heterocycles. The molecule has 2 heterocycles. The molecule has 0 aliphatic carbocycles. The molecule has 0 amide bonds. The van der Waals surface area contributed by atoms with Gasteiger partial charge in [-0.05, 0) is 30.7 Å². The minimum absolute atomic E-state index is 0.0155. The Balaban J connectivity index is 1.62. The van der Waals surface area contributed by atoms with Crippen molar-refractivity contribution in [2.24, 2.45) is 0 Å². The largest absolute Gasteiger partial charge is 0.494 e. The summed E-state index contributed by atoms with van der Waals surface area (Å²) >= 11 is 0. The normalized spacial score (nSPS) is 12.4. The predicted octanol–water partition coefficient (Wildman–Crippen LogP) is 3.41. The maximum Gasteiger partial charge on any atom is 0.293 e. The molecule has 1 aromatic heterocycles. The second kappa shape index (κ2) is 9.95. The van der Waals surface area contributed by atoms with Crippen molar-refractivity contribution in [1.82, 2.24) is 15.1 Å². The molecule has 0 atom stereocenters. The smallest absolute Gasteiger partial charge is 0.293 e. The summed E-state index contributed by atoms with van der Waals surface area (Å²) in [5.41, 5.74) is 3.38. The highest BCUT2D eigenvalue weighted by Crippen LogP contribution is 2.47. The lowest BCUT2D eigenvalue weighted by atomic mass is 9.99. The number of nitro groups is 1. The maximum atomic E-state index is 11.7. The lowest BCUT2D eigenvalue weighted by Crippen LogP contribution is -2.25. The second-order valence-corrected chi connectivity index (χ2v) is 9.64. The Kier molecular flexibility index (Phi) is 7.00. The summed E-state index contributed by atoms with van der Waals surface area (Å²) in [7, 11) is -3.47. The molecule has 0 bridgehead atoms. The van der Waals surface area contributed by atoms with Crippen LogP contribution in [0.4, 0.5) is 17.1 Å². The van der Waals surface area contributed by atoms with Gasteiger partial charge >= 0.3 is 0 Å². The number of ether oxygens (including phenoxy) is 1. The number of hydrogen-bond acceptors (Lipinski definition) is 9. The lowest BCUT2D eigenvalue weighted by Gasteiger charge is -2.19. The van der Waals surface area contributed by atoms with Gasteiger partial charge in [0, 0.05) is 30.4 Å². The monoisotopic (exact) mass is 489 g/mol. The fraction of sp³-hybridized carbons (Fsp3) is 0.409. The zero-order valence-corrected chi connectivity index (χ0v) is 19.9. The molecule has 2 N–H and O–H groups in total. The maximum absolute atomic E-state index is 11.7. The lowest BCUT2D eigenvalue weighted by molar-refractivity contribution is -0.383. The Morgan fingerprint density at radius 1 is 1.21 bits per heavy atom. The highest BCUT2D eigenvalue weighted by Gasteiger charge is 2.29. The van der Waals surface area contributed by atoms with Gasteiger partial charge in [-0.3, -0.25) is 19.0 Å². The highest BCUT2D eigenvalue weighted by molar-refractivity contribution is 7.85. The van der Waals surface area contributed by atoms with E-state index in [1.54, 1.807) is 10.7 Å². The van der Waals surface area contributed by atoms with Crippen LogP contribution >= 0.6 is 0 Å². The van der Waals surface area contributed by atoms with E-state index in [1.165, 1.54) is 6.07 Å². The SMILES string of the molecule is CCCCOc1ccc2c(c1)-c1nn(CCNCCOS(C)(=O)=O)c3ccc([N+](=O)[O-])c(c13)N2. The van der Waals surface area contributed by atoms with Crippen LogP contribution < -0.4 is 15.4 Å². The van der Waals surface area contributed by atoms with Gasteiger partial charge in [-0.15, -0.1) is 0 Å². The average molecular weight is 490 g/mol. The first-order valence-corrected chi connectivity index (χ1v) is 12.9. The summed E-state index contributed by atoms with van der Waals surface area (Å²) in [6.45, 7) is 4.10. The highest BCUT2D eigenvalue weighted by atomic mass is 32.2. The van der Waals surface area contributed by atoms with Crippen molar-refractivity contribution >= 4 is 38.1 Å². The minimum Gasteiger partial charge on any atom is -0.494 e. The van der Waals surface area contributed by atoms with E-state index in [0.29, 0.717) is 43.0 Å². The molecule has 0 saturated heterocycles. The van der Waals surface area contributed by atoms with E-state index < -0.39 is 15.0 Å². The van der Waals surface area contributed by atoms with Gasteiger partial charge in [-0.1, -0.05) is 13.3 Å². The molecule has 11 nitrogen and oxygen atoms in total. The van der Waals surface area contributed by atoms with E-state index in [2.05, 4.69) is 17.6 Å². The van der Waals surface area contributed by atoms with Crippen LogP contribution in [-0.2, 0) is 20.8 Å². The fourth-order valence-electron chi connectivity index (χ4n) is 3.86. The molecular weight excluding hydrogens is 462 g/mol. The quantitative estimate of drug-likeness (QED) is 0.133. The Hall–Kier alpha value is -3.22. The van der Waals surface area contributed by atoms with E-state index in [0.717, 1.165) is 41.6 Å². The van der Waals surface area contributed by atoms with Crippen molar-refractivity contribution in [1.29, 1.82) is 0 Å². The number of fused-ring (bicyclic) bond motifs is 2. The van der Waals surface area contributed by atoms with Crippen LogP contribution in [0.3, 0.4) is 0 Å². The Morgan fingerprint density at radius 2 is 2.03 bits per heavy atom. The zero-order chi connectivity index (χ0) is 24.3. The molecule has 3 aromatic rings. The first-order valence-electron chi connectivity index (χ1n) is 11.1. The predicted molar refractivity (Wildman–Crippen MR) is 129 cm³/mol. The summed E-state index contributed by atoms with van der Waals surface area (Å²) in [5.74, 6) is 0.720. The Labute approximate surface area is 197 Å². The van der Waals surface area contributed by atoms with Crippen molar-refractivity contribution in [2.45, 2.75) is 26.3 Å². The van der Waals surface area contributed by atoms with Crippen LogP contribution in [0.1, 0.15) is 19.8 Å². The summed E-state index contributed by atoms with van der Waals surface area (Å²) in [6.07, 6.45) is 2.99. The molecule has 34 heavy (non-hydrogen) atoms. The van der Waals surface area contributed by atoms with Gasteiger partial charge in [-0.2, -0.15) is 13.5 Å². The standard InChI is InChI=1S/C22H27N5O6S/c1-3-4-12-32-15-5-6-17-16(14-15)21-20-18(7-8-19(27(28)29)22(20)24-17)26(25-21)11-9-23-10-13-33-34(2,30)31/h5-8,14,23-24H,3-4,9-13H2,1-2H3. The summed E-state index contributed by atoms with van der Waals surface area (Å²) in [6, 6.07) is 8.79. The van der Waals surface area contributed by atoms with Crippen molar-refractivity contribution in [3.63, 3.8) is 0 Å². The molecule has 0 radical (unpaired) electrons. The van der Waals surface area contributed by atoms with E-state index in [9.17, 15) is 18.5 Å². The molecule has 0 unspecified atom stereocenters. The number of nitrogens with zero attached hydrogens (tertiary/aromatic N) is 3. The van der Waals surface area contributed by atoms with Crippen LogP contribution in [0.2, 0.25) is 0 Å². The number of nitrogens with one attached hydrogen (secondary N) is 2. The van der Waals surface area contributed by atoms with E-state index >= 15 is 0 Å². The minimum atomic E-state index is -3.47. The second-order valence-electron chi connectivity index (χ2n) is 7.99.